The summed E-state index contributed by atoms with van der Waals surface area (Å²) in [6.07, 6.45) is 1.46. The highest BCUT2D eigenvalue weighted by atomic mass is 16.4. The molecule has 2 amide bonds. The molecule has 0 unspecified atom stereocenters. The Kier molecular flexibility index (Phi) is 5.31. The van der Waals surface area contributed by atoms with E-state index >= 15 is 0 Å². The first-order chi connectivity index (χ1) is 13.5. The van der Waals surface area contributed by atoms with Crippen LogP contribution in [0.3, 0.4) is 0 Å². The number of carbonyl (C=O) groups excluding carboxylic acids is 2. The normalized spacial score (nSPS) is 10.1. The number of amides is 2. The molecular weight excluding hydrogens is 362 g/mol. The molecule has 2 aromatic carbocycles. The van der Waals surface area contributed by atoms with Crippen molar-refractivity contribution in [2.24, 2.45) is 0 Å². The predicted molar refractivity (Wildman–Crippen MR) is 102 cm³/mol. The fraction of sp³-hybridized carbons (Fsp3) is 0. The molecule has 28 heavy (non-hydrogen) atoms. The van der Waals surface area contributed by atoms with Crippen molar-refractivity contribution >= 4 is 29.2 Å². The Morgan fingerprint density at radius 3 is 2.21 bits per heavy atom. The minimum atomic E-state index is -1.19. The number of pyridine rings is 1. The average molecular weight is 377 g/mol. The average Bonchev–Trinajstić information content (AvgIpc) is 2.70. The summed E-state index contributed by atoms with van der Waals surface area (Å²) in [5, 5.41) is 24.2. The number of nitrogens with one attached hydrogen (secondary N) is 2. The molecule has 0 saturated carbocycles. The molecule has 8 heteroatoms. The highest BCUT2D eigenvalue weighted by molar-refractivity contribution is 6.11. The molecule has 0 saturated heterocycles. The summed E-state index contributed by atoms with van der Waals surface area (Å²) in [5.74, 6) is -2.61. The van der Waals surface area contributed by atoms with E-state index in [1.807, 2.05) is 0 Å². The highest BCUT2D eigenvalue weighted by Gasteiger charge is 2.17. The maximum absolute atomic E-state index is 12.5. The Bertz CT molecular complexity index is 1050. The smallest absolute Gasteiger partial charge is 0.335 e. The molecule has 1 aromatic heterocycles. The number of carbonyl (C=O) groups is 3. The van der Waals surface area contributed by atoms with Gasteiger partial charge in [-0.05, 0) is 42.5 Å². The van der Waals surface area contributed by atoms with Crippen LogP contribution in [0.1, 0.15) is 31.2 Å². The molecule has 3 aromatic rings. The minimum absolute atomic E-state index is 0.00484. The number of phenolic OH excluding ortho intramolecular Hbond substituents is 1. The van der Waals surface area contributed by atoms with Gasteiger partial charge in [0.2, 0.25) is 0 Å². The van der Waals surface area contributed by atoms with Gasteiger partial charge in [0.1, 0.15) is 11.4 Å². The number of benzene rings is 2. The van der Waals surface area contributed by atoms with Gasteiger partial charge in [-0.25, -0.2) is 4.79 Å². The summed E-state index contributed by atoms with van der Waals surface area (Å²) < 4.78 is 0. The van der Waals surface area contributed by atoms with Crippen LogP contribution in [-0.2, 0) is 0 Å². The molecule has 3 rings (SSSR count). The molecular formula is C20H15N3O5. The van der Waals surface area contributed by atoms with Crippen molar-refractivity contribution in [3.8, 4) is 5.75 Å². The van der Waals surface area contributed by atoms with Crippen molar-refractivity contribution in [2.45, 2.75) is 0 Å². The zero-order valence-electron chi connectivity index (χ0n) is 14.4. The summed E-state index contributed by atoms with van der Waals surface area (Å²) >= 11 is 0. The third kappa shape index (κ3) is 4.13. The lowest BCUT2D eigenvalue weighted by atomic mass is 10.1. The number of nitrogens with zero attached hydrogens (tertiary/aromatic N) is 1. The maximum atomic E-state index is 12.5. The summed E-state index contributed by atoms with van der Waals surface area (Å²) in [7, 11) is 0. The van der Waals surface area contributed by atoms with Gasteiger partial charge in [0.15, 0.2) is 0 Å². The van der Waals surface area contributed by atoms with Crippen molar-refractivity contribution in [3.05, 3.63) is 83.7 Å². The highest BCUT2D eigenvalue weighted by Crippen LogP contribution is 2.26. The quantitative estimate of drug-likeness (QED) is 0.541. The van der Waals surface area contributed by atoms with Crippen LogP contribution in [0.4, 0.5) is 11.4 Å². The molecule has 0 radical (unpaired) electrons. The van der Waals surface area contributed by atoms with E-state index < -0.39 is 17.8 Å². The molecule has 0 fully saturated rings. The lowest BCUT2D eigenvalue weighted by molar-refractivity contribution is 0.0696. The number of phenols is 1. The molecule has 140 valence electrons. The zero-order valence-corrected chi connectivity index (χ0v) is 14.4. The van der Waals surface area contributed by atoms with Crippen LogP contribution in [0.5, 0.6) is 5.75 Å². The van der Waals surface area contributed by atoms with Crippen LogP contribution in [0.15, 0.2) is 66.9 Å². The topological polar surface area (TPSA) is 129 Å². The van der Waals surface area contributed by atoms with Gasteiger partial charge in [-0.3, -0.25) is 14.6 Å². The third-order valence-corrected chi connectivity index (χ3v) is 3.81. The molecule has 0 aliphatic rings. The second-order valence-corrected chi connectivity index (χ2v) is 5.71. The fourth-order valence-corrected chi connectivity index (χ4v) is 2.43. The number of carboxylic acid groups (broad SMARTS) is 1. The molecule has 0 atom stereocenters. The van der Waals surface area contributed by atoms with Crippen LogP contribution >= 0.6 is 0 Å². The van der Waals surface area contributed by atoms with Crippen molar-refractivity contribution in [1.29, 1.82) is 0 Å². The number of hydrogen-bond acceptors (Lipinski definition) is 5. The van der Waals surface area contributed by atoms with E-state index in [1.54, 1.807) is 24.3 Å². The van der Waals surface area contributed by atoms with Crippen molar-refractivity contribution < 1.29 is 24.6 Å². The van der Waals surface area contributed by atoms with E-state index in [-0.39, 0.29) is 33.9 Å². The van der Waals surface area contributed by atoms with Gasteiger partial charge in [-0.2, -0.15) is 0 Å². The van der Waals surface area contributed by atoms with E-state index in [9.17, 15) is 24.6 Å². The van der Waals surface area contributed by atoms with Gasteiger partial charge in [-0.15, -0.1) is 0 Å². The number of carboxylic acids is 1. The Morgan fingerprint density at radius 1 is 0.821 bits per heavy atom. The van der Waals surface area contributed by atoms with Crippen molar-refractivity contribution in [1.82, 2.24) is 4.98 Å². The monoisotopic (exact) mass is 377 g/mol. The van der Waals surface area contributed by atoms with Crippen LogP contribution in [-0.4, -0.2) is 33.0 Å². The predicted octanol–water partition coefficient (Wildman–Crippen LogP) is 2.99. The molecule has 8 nitrogen and oxygen atoms in total. The zero-order chi connectivity index (χ0) is 20.1. The number of anilines is 2. The lowest BCUT2D eigenvalue weighted by Crippen LogP contribution is -2.18. The maximum Gasteiger partial charge on any atom is 0.335 e. The van der Waals surface area contributed by atoms with Crippen molar-refractivity contribution in [2.75, 3.05) is 10.6 Å². The van der Waals surface area contributed by atoms with Crippen LogP contribution in [0.25, 0.3) is 0 Å². The summed E-state index contributed by atoms with van der Waals surface area (Å²) in [6.45, 7) is 0. The number of aromatic carboxylic acids is 1. The molecule has 0 spiro atoms. The van der Waals surface area contributed by atoms with E-state index in [2.05, 4.69) is 15.6 Å². The fourth-order valence-electron chi connectivity index (χ4n) is 2.43. The molecule has 4 N–H and O–H groups in total. The van der Waals surface area contributed by atoms with Gasteiger partial charge in [0.05, 0.1) is 22.5 Å². The molecule has 0 aliphatic carbocycles. The Morgan fingerprint density at radius 2 is 1.54 bits per heavy atom. The Labute approximate surface area is 159 Å². The minimum Gasteiger partial charge on any atom is -0.507 e. The Balaban J connectivity index is 1.92. The second-order valence-electron chi connectivity index (χ2n) is 5.71. The van der Waals surface area contributed by atoms with Crippen LogP contribution < -0.4 is 10.6 Å². The summed E-state index contributed by atoms with van der Waals surface area (Å²) in [6, 6.07) is 14.6. The lowest BCUT2D eigenvalue weighted by Gasteiger charge is -2.13. The van der Waals surface area contributed by atoms with E-state index in [0.717, 1.165) is 0 Å². The SMILES string of the molecule is O=C(O)c1ccc(NC(=O)c2ccccn2)c(NC(=O)c2ccccc2O)c1. The van der Waals surface area contributed by atoms with Gasteiger partial charge in [0.25, 0.3) is 11.8 Å². The summed E-state index contributed by atoms with van der Waals surface area (Å²) in [4.78, 5) is 40.0. The van der Waals surface area contributed by atoms with Gasteiger partial charge in [-0.1, -0.05) is 18.2 Å². The van der Waals surface area contributed by atoms with Gasteiger partial charge < -0.3 is 20.8 Å². The molecule has 0 aliphatic heterocycles. The van der Waals surface area contributed by atoms with Crippen LogP contribution in [0.2, 0.25) is 0 Å². The third-order valence-electron chi connectivity index (χ3n) is 3.81. The molecule has 0 bridgehead atoms. The number of para-hydroxylation sites is 1. The van der Waals surface area contributed by atoms with Gasteiger partial charge in [0, 0.05) is 6.20 Å². The first kappa shape index (κ1) is 18.6. The van der Waals surface area contributed by atoms with Crippen LogP contribution in [0, 0.1) is 0 Å². The summed E-state index contributed by atoms with van der Waals surface area (Å²) in [5.41, 5.74) is 0.332. The molecule has 1 heterocycles. The first-order valence-corrected chi connectivity index (χ1v) is 8.15. The Hall–Kier alpha value is -4.20. The van der Waals surface area contributed by atoms with E-state index in [4.69, 9.17) is 0 Å². The number of aromatic hydroxyl groups is 1. The number of aromatic nitrogens is 1. The first-order valence-electron chi connectivity index (χ1n) is 8.15. The van der Waals surface area contributed by atoms with Crippen molar-refractivity contribution in [3.63, 3.8) is 0 Å². The largest absolute Gasteiger partial charge is 0.507 e. The van der Waals surface area contributed by atoms with Gasteiger partial charge >= 0.3 is 5.97 Å². The second kappa shape index (κ2) is 8.00. The van der Waals surface area contributed by atoms with E-state index in [0.29, 0.717) is 0 Å². The van der Waals surface area contributed by atoms with E-state index in [1.165, 1.54) is 42.6 Å². The number of hydrogen-bond donors (Lipinski definition) is 4. The standard InChI is InChI=1S/C20H15N3O5/c24-17-7-2-1-5-13(17)18(25)23-16-11-12(20(27)28)8-9-14(16)22-19(26)15-6-3-4-10-21-15/h1-11,24H,(H,22,26)(H,23,25)(H,27,28). The number of rotatable bonds is 5.